The lowest BCUT2D eigenvalue weighted by molar-refractivity contribution is -0.127. The lowest BCUT2D eigenvalue weighted by atomic mass is 10.1. The molecule has 2 aromatic rings. The lowest BCUT2D eigenvalue weighted by Crippen LogP contribution is -2.50. The number of halogens is 2. The van der Waals surface area contributed by atoms with Gasteiger partial charge in [-0.25, -0.2) is 4.39 Å². The molecular weight excluding hydrogens is 435 g/mol. The van der Waals surface area contributed by atoms with Crippen molar-refractivity contribution < 1.29 is 23.5 Å². The number of benzene rings is 2. The van der Waals surface area contributed by atoms with Crippen LogP contribution in [0.2, 0.25) is 5.02 Å². The van der Waals surface area contributed by atoms with Crippen LogP contribution in [0, 0.1) is 5.82 Å². The minimum Gasteiger partial charge on any atom is -0.490 e. The van der Waals surface area contributed by atoms with Crippen LogP contribution in [0.4, 0.5) is 4.39 Å². The molecule has 1 saturated heterocycles. The van der Waals surface area contributed by atoms with Crippen molar-refractivity contribution in [1.82, 2.24) is 9.80 Å². The highest BCUT2D eigenvalue weighted by Crippen LogP contribution is 2.29. The number of piperazine rings is 1. The maximum absolute atomic E-state index is 13.2. The third-order valence-corrected chi connectivity index (χ3v) is 5.34. The van der Waals surface area contributed by atoms with Gasteiger partial charge in [0.25, 0.3) is 5.91 Å². The molecule has 1 heterocycles. The minimum absolute atomic E-state index is 0.0817. The molecule has 0 aromatic heterocycles. The van der Waals surface area contributed by atoms with Crippen LogP contribution in [0.25, 0.3) is 6.08 Å². The summed E-state index contributed by atoms with van der Waals surface area (Å²) in [5, 5.41) is 0.0817. The Bertz CT molecular complexity index is 1000. The minimum atomic E-state index is -0.491. The molecule has 8 heteroatoms. The van der Waals surface area contributed by atoms with Crippen molar-refractivity contribution in [2.45, 2.75) is 13.8 Å². The molecule has 0 spiro atoms. The summed E-state index contributed by atoms with van der Waals surface area (Å²) in [5.74, 6) is 0.407. The molecule has 32 heavy (non-hydrogen) atoms. The quantitative estimate of drug-likeness (QED) is 0.579. The van der Waals surface area contributed by atoms with Gasteiger partial charge in [0.05, 0.1) is 23.8 Å². The molecule has 0 saturated carbocycles. The van der Waals surface area contributed by atoms with Crippen molar-refractivity contribution >= 4 is 29.5 Å². The second-order valence-corrected chi connectivity index (χ2v) is 7.55. The monoisotopic (exact) mass is 460 g/mol. The van der Waals surface area contributed by atoms with Crippen LogP contribution < -0.4 is 9.47 Å². The van der Waals surface area contributed by atoms with Crippen LogP contribution in [-0.2, 0) is 4.79 Å². The van der Waals surface area contributed by atoms with Gasteiger partial charge >= 0.3 is 0 Å². The summed E-state index contributed by atoms with van der Waals surface area (Å²) < 4.78 is 24.4. The van der Waals surface area contributed by atoms with E-state index in [4.69, 9.17) is 21.1 Å². The summed E-state index contributed by atoms with van der Waals surface area (Å²) >= 11 is 6.00. The van der Waals surface area contributed by atoms with Gasteiger partial charge in [0.1, 0.15) is 5.82 Å². The molecule has 0 aliphatic carbocycles. The Morgan fingerprint density at radius 2 is 1.62 bits per heavy atom. The summed E-state index contributed by atoms with van der Waals surface area (Å²) in [6.07, 6.45) is 3.25. The fourth-order valence-corrected chi connectivity index (χ4v) is 3.66. The van der Waals surface area contributed by atoms with Crippen LogP contribution in [0.1, 0.15) is 29.8 Å². The topological polar surface area (TPSA) is 59.1 Å². The van der Waals surface area contributed by atoms with Crippen molar-refractivity contribution in [2.24, 2.45) is 0 Å². The molecule has 3 rings (SSSR count). The molecule has 0 atom stereocenters. The Morgan fingerprint density at radius 3 is 2.28 bits per heavy atom. The third kappa shape index (κ3) is 5.79. The standard InChI is InChI=1S/C24H26ClFN2O4/c1-3-31-21-9-5-17(15-22(21)32-4-2)6-10-23(29)27-11-13-28(14-12-27)24(30)19-8-7-18(26)16-20(19)25/h5-10,15-16H,3-4,11-14H2,1-2H3/b10-6+. The van der Waals surface area contributed by atoms with Gasteiger partial charge in [-0.2, -0.15) is 0 Å². The highest BCUT2D eigenvalue weighted by molar-refractivity contribution is 6.33. The van der Waals surface area contributed by atoms with Crippen molar-refractivity contribution in [1.29, 1.82) is 0 Å². The Hall–Kier alpha value is -3.06. The zero-order valence-corrected chi connectivity index (χ0v) is 18.9. The largest absolute Gasteiger partial charge is 0.490 e. The van der Waals surface area contributed by atoms with E-state index in [1.54, 1.807) is 15.9 Å². The van der Waals surface area contributed by atoms with E-state index in [1.807, 2.05) is 32.0 Å². The number of hydrogen-bond donors (Lipinski definition) is 0. The maximum atomic E-state index is 13.2. The molecule has 0 bridgehead atoms. The first-order valence-corrected chi connectivity index (χ1v) is 10.9. The second kappa shape index (κ2) is 11.0. The van der Waals surface area contributed by atoms with Gasteiger partial charge in [0, 0.05) is 32.3 Å². The van der Waals surface area contributed by atoms with Crippen LogP contribution in [0.15, 0.2) is 42.5 Å². The predicted molar refractivity (Wildman–Crippen MR) is 122 cm³/mol. The molecule has 6 nitrogen and oxygen atoms in total. The van der Waals surface area contributed by atoms with Gasteiger partial charge in [0.2, 0.25) is 5.91 Å². The van der Waals surface area contributed by atoms with Crippen LogP contribution in [-0.4, -0.2) is 61.0 Å². The van der Waals surface area contributed by atoms with Gasteiger partial charge < -0.3 is 19.3 Å². The maximum Gasteiger partial charge on any atom is 0.255 e. The number of amides is 2. The fourth-order valence-electron chi connectivity index (χ4n) is 3.41. The molecule has 1 aliphatic rings. The first-order valence-electron chi connectivity index (χ1n) is 10.5. The summed E-state index contributed by atoms with van der Waals surface area (Å²) in [6, 6.07) is 9.23. The summed E-state index contributed by atoms with van der Waals surface area (Å²) in [5.41, 5.74) is 1.08. The first kappa shape index (κ1) is 23.6. The lowest BCUT2D eigenvalue weighted by Gasteiger charge is -2.34. The number of rotatable bonds is 7. The van der Waals surface area contributed by atoms with Crippen LogP contribution >= 0.6 is 11.6 Å². The summed E-state index contributed by atoms with van der Waals surface area (Å²) in [7, 11) is 0. The van der Waals surface area contributed by atoms with Gasteiger partial charge in [-0.1, -0.05) is 17.7 Å². The zero-order chi connectivity index (χ0) is 23.1. The fraction of sp³-hybridized carbons (Fsp3) is 0.333. The van der Waals surface area contributed by atoms with Gasteiger partial charge in [-0.3, -0.25) is 9.59 Å². The molecule has 1 fully saturated rings. The molecular formula is C24H26ClFN2O4. The number of ether oxygens (including phenoxy) is 2. The number of hydrogen-bond acceptors (Lipinski definition) is 4. The SMILES string of the molecule is CCOc1ccc(/C=C/C(=O)N2CCN(C(=O)c3ccc(F)cc3Cl)CC2)cc1OCC. The summed E-state index contributed by atoms with van der Waals surface area (Å²) in [4.78, 5) is 28.6. The van der Waals surface area contributed by atoms with Crippen molar-refractivity contribution in [3.8, 4) is 11.5 Å². The highest BCUT2D eigenvalue weighted by Gasteiger charge is 2.25. The van der Waals surface area contributed by atoms with Gasteiger partial charge in [-0.15, -0.1) is 0 Å². The van der Waals surface area contributed by atoms with E-state index in [2.05, 4.69) is 0 Å². The van der Waals surface area contributed by atoms with Gasteiger partial charge in [0.15, 0.2) is 11.5 Å². The molecule has 0 unspecified atom stereocenters. The predicted octanol–water partition coefficient (Wildman–Crippen LogP) is 4.27. The normalized spacial score (nSPS) is 14.0. The van der Waals surface area contributed by atoms with Crippen LogP contribution in [0.3, 0.4) is 0 Å². The number of nitrogens with zero attached hydrogens (tertiary/aromatic N) is 2. The zero-order valence-electron chi connectivity index (χ0n) is 18.1. The van der Waals surface area contributed by atoms with E-state index in [0.717, 1.165) is 11.6 Å². The van der Waals surface area contributed by atoms with Crippen LogP contribution in [0.5, 0.6) is 11.5 Å². The Morgan fingerprint density at radius 1 is 0.969 bits per heavy atom. The highest BCUT2D eigenvalue weighted by atomic mass is 35.5. The van der Waals surface area contributed by atoms with E-state index in [-0.39, 0.29) is 22.4 Å². The van der Waals surface area contributed by atoms with Crippen molar-refractivity contribution in [2.75, 3.05) is 39.4 Å². The number of carbonyl (C=O) groups excluding carboxylic acids is 2. The average Bonchev–Trinajstić information content (AvgIpc) is 2.79. The Kier molecular flexibility index (Phi) is 8.11. The van der Waals surface area contributed by atoms with Crippen molar-refractivity contribution in [3.63, 3.8) is 0 Å². The molecule has 2 aromatic carbocycles. The smallest absolute Gasteiger partial charge is 0.255 e. The molecule has 0 N–H and O–H groups in total. The first-order chi connectivity index (χ1) is 15.4. The van der Waals surface area contributed by atoms with Gasteiger partial charge in [-0.05, 0) is 55.8 Å². The van der Waals surface area contributed by atoms with E-state index >= 15 is 0 Å². The Balaban J connectivity index is 1.59. The second-order valence-electron chi connectivity index (χ2n) is 7.15. The Labute approximate surface area is 192 Å². The third-order valence-electron chi connectivity index (χ3n) is 5.03. The number of carbonyl (C=O) groups is 2. The van der Waals surface area contributed by atoms with E-state index in [1.165, 1.54) is 18.2 Å². The molecule has 0 radical (unpaired) electrons. The molecule has 2 amide bonds. The van der Waals surface area contributed by atoms with E-state index in [0.29, 0.717) is 50.9 Å². The summed E-state index contributed by atoms with van der Waals surface area (Å²) in [6.45, 7) is 6.42. The molecule has 170 valence electrons. The van der Waals surface area contributed by atoms with E-state index < -0.39 is 5.82 Å². The average molecular weight is 461 g/mol. The molecule has 1 aliphatic heterocycles. The van der Waals surface area contributed by atoms with E-state index in [9.17, 15) is 14.0 Å². The van der Waals surface area contributed by atoms with Crippen molar-refractivity contribution in [3.05, 3.63) is 64.4 Å².